The van der Waals surface area contributed by atoms with Crippen LogP contribution in [-0.2, 0) is 4.79 Å². The normalized spacial score (nSPS) is 15.9. The lowest BCUT2D eigenvalue weighted by Gasteiger charge is -2.22. The van der Waals surface area contributed by atoms with Gasteiger partial charge in [-0.15, -0.1) is 0 Å². The Hall–Kier alpha value is -2.76. The smallest absolute Gasteiger partial charge is 0.255 e. The Morgan fingerprint density at radius 2 is 1.88 bits per heavy atom. The highest BCUT2D eigenvalue weighted by Crippen LogP contribution is 2.41. The zero-order valence-electron chi connectivity index (χ0n) is 14.3. The maximum atomic E-state index is 12.5. The minimum absolute atomic E-state index is 0.0494. The van der Waals surface area contributed by atoms with Crippen LogP contribution in [0.15, 0.2) is 47.3 Å². The van der Waals surface area contributed by atoms with Crippen LogP contribution in [0.5, 0.6) is 5.75 Å². The van der Waals surface area contributed by atoms with E-state index in [1.54, 1.807) is 20.1 Å². The number of nitrogens with one attached hydrogen (secondary N) is 2. The van der Waals surface area contributed by atoms with E-state index in [-0.39, 0.29) is 17.9 Å². The first-order chi connectivity index (χ1) is 12.1. The fraction of sp³-hybridized carbons (Fsp3) is 0.368. The van der Waals surface area contributed by atoms with Gasteiger partial charge in [0.15, 0.2) is 0 Å². The van der Waals surface area contributed by atoms with Crippen LogP contribution in [-0.4, -0.2) is 25.0 Å². The van der Waals surface area contributed by atoms with Gasteiger partial charge in [-0.3, -0.25) is 9.59 Å². The van der Waals surface area contributed by atoms with Crippen LogP contribution in [0.2, 0.25) is 0 Å². The molecule has 2 atom stereocenters. The molecule has 25 heavy (non-hydrogen) atoms. The Kier molecular flexibility index (Phi) is 5.07. The average molecular weight is 342 g/mol. The third kappa shape index (κ3) is 4.21. The second-order valence-electron chi connectivity index (χ2n) is 6.30. The number of hydrogen-bond donors (Lipinski definition) is 2. The van der Waals surface area contributed by atoms with Crippen LogP contribution in [0.25, 0.3) is 0 Å². The molecule has 0 radical (unpaired) electrons. The van der Waals surface area contributed by atoms with Crippen molar-refractivity contribution in [3.8, 4) is 5.75 Å². The van der Waals surface area contributed by atoms with Crippen molar-refractivity contribution < 1.29 is 18.7 Å². The Labute approximate surface area is 146 Å². The fourth-order valence-corrected chi connectivity index (χ4v) is 2.73. The number of furan rings is 1. The van der Waals surface area contributed by atoms with Gasteiger partial charge in [-0.1, -0.05) is 12.1 Å². The fourth-order valence-electron chi connectivity index (χ4n) is 2.73. The van der Waals surface area contributed by atoms with Gasteiger partial charge in [0.05, 0.1) is 25.0 Å². The molecule has 1 saturated carbocycles. The Balaban J connectivity index is 1.63. The van der Waals surface area contributed by atoms with Crippen molar-refractivity contribution in [2.75, 3.05) is 7.11 Å². The standard InChI is InChI=1S/C19H22N2O4/c1-12(20-19(23)15-9-10-25-11-15)18(22)21-17(13-3-4-13)14-5-7-16(24-2)8-6-14/h5-13,17H,3-4H2,1-2H3,(H,20,23)(H,21,22)/t12-,17-/m0/s1. The van der Waals surface area contributed by atoms with Crippen LogP contribution in [0, 0.1) is 5.92 Å². The van der Waals surface area contributed by atoms with Gasteiger partial charge in [0.25, 0.3) is 5.91 Å². The molecular formula is C19H22N2O4. The number of carbonyl (C=O) groups is 2. The summed E-state index contributed by atoms with van der Waals surface area (Å²) in [5, 5.41) is 5.75. The highest BCUT2D eigenvalue weighted by Gasteiger charge is 2.34. The summed E-state index contributed by atoms with van der Waals surface area (Å²) in [4.78, 5) is 24.5. The summed E-state index contributed by atoms with van der Waals surface area (Å²) in [7, 11) is 1.62. The van der Waals surface area contributed by atoms with E-state index in [1.807, 2.05) is 24.3 Å². The summed E-state index contributed by atoms with van der Waals surface area (Å²) in [6, 6.07) is 8.59. The lowest BCUT2D eigenvalue weighted by Crippen LogP contribution is -2.46. The van der Waals surface area contributed by atoms with Gasteiger partial charge < -0.3 is 19.8 Å². The topological polar surface area (TPSA) is 80.6 Å². The lowest BCUT2D eigenvalue weighted by atomic mass is 10.0. The first kappa shape index (κ1) is 17.1. The molecule has 0 bridgehead atoms. The van der Waals surface area contributed by atoms with Crippen molar-refractivity contribution in [3.63, 3.8) is 0 Å². The van der Waals surface area contributed by atoms with Gasteiger partial charge in [-0.25, -0.2) is 0 Å². The summed E-state index contributed by atoms with van der Waals surface area (Å²) < 4.78 is 10.1. The molecule has 2 aromatic rings. The van der Waals surface area contributed by atoms with E-state index in [4.69, 9.17) is 9.15 Å². The molecule has 6 nitrogen and oxygen atoms in total. The Morgan fingerprint density at radius 1 is 1.16 bits per heavy atom. The quantitative estimate of drug-likeness (QED) is 0.811. The van der Waals surface area contributed by atoms with Crippen LogP contribution >= 0.6 is 0 Å². The number of benzene rings is 1. The molecule has 1 aliphatic rings. The van der Waals surface area contributed by atoms with Crippen molar-refractivity contribution in [2.45, 2.75) is 31.8 Å². The molecule has 0 spiro atoms. The summed E-state index contributed by atoms with van der Waals surface area (Å²) in [6.07, 6.45) is 4.95. The maximum Gasteiger partial charge on any atom is 0.255 e. The van der Waals surface area contributed by atoms with Crippen molar-refractivity contribution >= 4 is 11.8 Å². The van der Waals surface area contributed by atoms with Crippen LogP contribution < -0.4 is 15.4 Å². The molecule has 2 N–H and O–H groups in total. The van der Waals surface area contributed by atoms with Gasteiger partial charge in [0.2, 0.25) is 5.91 Å². The maximum absolute atomic E-state index is 12.5. The molecule has 1 aliphatic carbocycles. The van der Waals surface area contributed by atoms with Crippen molar-refractivity contribution in [2.24, 2.45) is 5.92 Å². The number of rotatable bonds is 7. The molecule has 3 rings (SSSR count). The van der Waals surface area contributed by atoms with E-state index >= 15 is 0 Å². The Morgan fingerprint density at radius 3 is 2.44 bits per heavy atom. The highest BCUT2D eigenvalue weighted by atomic mass is 16.5. The van der Waals surface area contributed by atoms with E-state index in [2.05, 4.69) is 10.6 Å². The monoisotopic (exact) mass is 342 g/mol. The van der Waals surface area contributed by atoms with Gasteiger partial charge in [0.1, 0.15) is 18.1 Å². The molecular weight excluding hydrogens is 320 g/mol. The Bertz CT molecular complexity index is 720. The average Bonchev–Trinajstić information content (AvgIpc) is 3.31. The van der Waals surface area contributed by atoms with E-state index in [0.29, 0.717) is 11.5 Å². The second-order valence-corrected chi connectivity index (χ2v) is 6.30. The summed E-state index contributed by atoms with van der Waals surface area (Å²) in [6.45, 7) is 1.67. The van der Waals surface area contributed by atoms with Gasteiger partial charge in [-0.2, -0.15) is 0 Å². The summed E-state index contributed by atoms with van der Waals surface area (Å²) in [5.74, 6) is 0.688. The second kappa shape index (κ2) is 7.42. The van der Waals surface area contributed by atoms with E-state index in [0.717, 1.165) is 24.2 Å². The predicted octanol–water partition coefficient (Wildman–Crippen LogP) is 2.67. The number of methoxy groups -OCH3 is 1. The molecule has 1 aromatic carbocycles. The molecule has 1 aromatic heterocycles. The lowest BCUT2D eigenvalue weighted by molar-refractivity contribution is -0.123. The molecule has 0 saturated heterocycles. The number of hydrogen-bond acceptors (Lipinski definition) is 4. The van der Waals surface area contributed by atoms with Crippen LogP contribution in [0.4, 0.5) is 0 Å². The van der Waals surface area contributed by atoms with Crippen LogP contribution in [0.3, 0.4) is 0 Å². The summed E-state index contributed by atoms with van der Waals surface area (Å²) in [5.41, 5.74) is 1.44. The highest BCUT2D eigenvalue weighted by molar-refractivity contribution is 5.97. The van der Waals surface area contributed by atoms with Crippen molar-refractivity contribution in [1.82, 2.24) is 10.6 Å². The van der Waals surface area contributed by atoms with Crippen molar-refractivity contribution in [1.29, 1.82) is 0 Å². The molecule has 132 valence electrons. The number of ether oxygens (including phenoxy) is 1. The number of amides is 2. The molecule has 1 heterocycles. The molecule has 2 amide bonds. The molecule has 6 heteroatoms. The molecule has 0 aliphatic heterocycles. The molecule has 1 fully saturated rings. The minimum atomic E-state index is -0.637. The van der Waals surface area contributed by atoms with Crippen molar-refractivity contribution in [3.05, 3.63) is 54.0 Å². The summed E-state index contributed by atoms with van der Waals surface area (Å²) >= 11 is 0. The van der Waals surface area contributed by atoms with Gasteiger partial charge >= 0.3 is 0 Å². The van der Waals surface area contributed by atoms with Gasteiger partial charge in [-0.05, 0) is 49.4 Å². The number of carbonyl (C=O) groups excluding carboxylic acids is 2. The first-order valence-corrected chi connectivity index (χ1v) is 8.36. The third-order valence-corrected chi connectivity index (χ3v) is 4.39. The van der Waals surface area contributed by atoms with E-state index in [1.165, 1.54) is 12.5 Å². The molecule has 0 unspecified atom stereocenters. The van der Waals surface area contributed by atoms with Crippen LogP contribution in [0.1, 0.15) is 41.7 Å². The largest absolute Gasteiger partial charge is 0.497 e. The first-order valence-electron chi connectivity index (χ1n) is 8.36. The van der Waals surface area contributed by atoms with Gasteiger partial charge in [0, 0.05) is 0 Å². The third-order valence-electron chi connectivity index (χ3n) is 4.39. The van der Waals surface area contributed by atoms with E-state index in [9.17, 15) is 9.59 Å². The zero-order chi connectivity index (χ0) is 17.8. The van der Waals surface area contributed by atoms with E-state index < -0.39 is 6.04 Å². The predicted molar refractivity (Wildman–Crippen MR) is 92.2 cm³/mol. The SMILES string of the molecule is COc1ccc([C@@H](NC(=O)[C@H](C)NC(=O)c2ccoc2)C2CC2)cc1. The zero-order valence-corrected chi connectivity index (χ0v) is 14.3. The minimum Gasteiger partial charge on any atom is -0.497 e.